The van der Waals surface area contributed by atoms with Gasteiger partial charge in [-0.25, -0.2) is 28.9 Å². The number of rotatable bonds is 10. The van der Waals surface area contributed by atoms with Crippen LogP contribution in [0.2, 0.25) is 0 Å². The molecule has 5 atom stereocenters. The summed E-state index contributed by atoms with van der Waals surface area (Å²) in [7, 11) is 1.60. The molecule has 2 aromatic carbocycles. The molecule has 0 radical (unpaired) electrons. The zero-order valence-electron chi connectivity index (χ0n) is 25.7. The summed E-state index contributed by atoms with van der Waals surface area (Å²) in [6.45, 7) is 2.49. The number of hydrogen-bond donors (Lipinski definition) is 3. The molecule has 6 rings (SSSR count). The number of imidazole rings is 1. The lowest BCUT2D eigenvalue weighted by atomic mass is 10.0. The molecule has 2 aromatic heterocycles. The Morgan fingerprint density at radius 2 is 1.87 bits per heavy atom. The third kappa shape index (κ3) is 6.69. The van der Waals surface area contributed by atoms with Crippen molar-refractivity contribution in [2.45, 2.75) is 44.3 Å². The van der Waals surface area contributed by atoms with Crippen molar-refractivity contribution in [3.05, 3.63) is 89.8 Å². The third-order valence-corrected chi connectivity index (χ3v) is 8.44. The van der Waals surface area contributed by atoms with Crippen LogP contribution in [-0.4, -0.2) is 86.1 Å². The van der Waals surface area contributed by atoms with Crippen molar-refractivity contribution in [3.63, 3.8) is 0 Å². The molecule has 0 bridgehead atoms. The number of nitrogens with one attached hydrogen (secondary N) is 2. The van der Waals surface area contributed by atoms with E-state index < -0.39 is 48.6 Å². The molecular weight excluding hydrogens is 609 g/mol. The highest BCUT2D eigenvalue weighted by Crippen LogP contribution is 2.45. The van der Waals surface area contributed by atoms with E-state index >= 15 is 0 Å². The number of hydrogen-bond acceptors (Lipinski definition) is 8. The number of carboxylic acids is 1. The van der Waals surface area contributed by atoms with Crippen molar-refractivity contribution in [1.82, 2.24) is 29.7 Å². The molecule has 0 spiro atoms. The lowest BCUT2D eigenvalue weighted by molar-refractivity contribution is -0.130. The van der Waals surface area contributed by atoms with Crippen molar-refractivity contribution in [3.8, 4) is 0 Å². The molecule has 1 aliphatic carbocycles. The summed E-state index contributed by atoms with van der Waals surface area (Å²) < 4.78 is 29.3. The predicted molar refractivity (Wildman–Crippen MR) is 169 cm³/mol. The minimum absolute atomic E-state index is 0.160. The Labute approximate surface area is 269 Å². The zero-order valence-corrected chi connectivity index (χ0v) is 25.7. The van der Waals surface area contributed by atoms with Gasteiger partial charge in [0.05, 0.1) is 30.5 Å². The van der Waals surface area contributed by atoms with Crippen LogP contribution in [0.1, 0.15) is 40.9 Å². The van der Waals surface area contributed by atoms with Gasteiger partial charge in [0.2, 0.25) is 5.91 Å². The molecule has 2 fully saturated rings. The van der Waals surface area contributed by atoms with Crippen molar-refractivity contribution >= 4 is 41.0 Å². The van der Waals surface area contributed by atoms with Gasteiger partial charge in [0.1, 0.15) is 18.2 Å². The zero-order chi connectivity index (χ0) is 33.1. The summed E-state index contributed by atoms with van der Waals surface area (Å²) in [6, 6.07) is 12.8. The van der Waals surface area contributed by atoms with Crippen LogP contribution < -0.4 is 10.6 Å². The van der Waals surface area contributed by atoms with Gasteiger partial charge in [0, 0.05) is 31.6 Å². The smallest absolute Gasteiger partial charge is 0.336 e. The Morgan fingerprint density at radius 1 is 1.09 bits per heavy atom. The van der Waals surface area contributed by atoms with Gasteiger partial charge in [-0.3, -0.25) is 10.1 Å². The molecule has 13 nitrogen and oxygen atoms in total. The Morgan fingerprint density at radius 3 is 2.64 bits per heavy atom. The average molecular weight is 644 g/mol. The number of aromatic nitrogens is 4. The maximum Gasteiger partial charge on any atom is 0.336 e. The van der Waals surface area contributed by atoms with Gasteiger partial charge in [0.15, 0.2) is 23.3 Å². The average Bonchev–Trinajstić information content (AvgIpc) is 3.76. The largest absolute Gasteiger partial charge is 0.478 e. The van der Waals surface area contributed by atoms with Crippen LogP contribution in [0.25, 0.3) is 17.2 Å². The lowest BCUT2D eigenvalue weighted by Crippen LogP contribution is -2.37. The van der Waals surface area contributed by atoms with Gasteiger partial charge >= 0.3 is 12.0 Å². The van der Waals surface area contributed by atoms with Crippen molar-refractivity contribution in [2.24, 2.45) is 5.92 Å². The van der Waals surface area contributed by atoms with Gasteiger partial charge in [-0.1, -0.05) is 42.5 Å². The van der Waals surface area contributed by atoms with Gasteiger partial charge in [-0.15, -0.1) is 0 Å². The maximum absolute atomic E-state index is 14.6. The number of aromatic carboxylic acids is 1. The summed E-state index contributed by atoms with van der Waals surface area (Å²) in [5.74, 6) is -2.43. The van der Waals surface area contributed by atoms with E-state index in [1.807, 2.05) is 47.1 Å². The first kappa shape index (κ1) is 31.8. The number of halogens is 1. The molecule has 1 aliphatic heterocycles. The van der Waals surface area contributed by atoms with Crippen LogP contribution in [0, 0.1) is 11.7 Å². The fraction of sp³-hybridized carbons (Fsp3) is 0.333. The molecule has 3 heterocycles. The highest BCUT2D eigenvalue weighted by atomic mass is 19.1. The molecule has 1 saturated heterocycles. The summed E-state index contributed by atoms with van der Waals surface area (Å²) in [6.07, 6.45) is 5.34. The highest BCUT2D eigenvalue weighted by Gasteiger charge is 2.52. The van der Waals surface area contributed by atoms with Gasteiger partial charge in [-0.2, -0.15) is 0 Å². The summed E-state index contributed by atoms with van der Waals surface area (Å²) in [5.41, 5.74) is 1.47. The standard InChI is InChI=1S/C33H34FN7O6/c1-3-35-33(45)39-30-27-31(37-17-36-30)41(18-38-27)24-14-20(28-29(24)47-26(46-28)13-12-19-8-5-4-6-9-19)16-40(2)25(42)15-22-21(32(43)44)10-7-11-23(22)34/h4-13,17-18,20,24,26,28-29H,3,14-16H2,1-2H3,(H,43,44)(H2,35,36,37,39,45)/t20?,24?,26-,28?,29?/m0/s1. The predicted octanol–water partition coefficient (Wildman–Crippen LogP) is 3.89. The van der Waals surface area contributed by atoms with Crippen LogP contribution in [0.5, 0.6) is 0 Å². The van der Waals surface area contributed by atoms with E-state index in [2.05, 4.69) is 25.6 Å². The Hall–Kier alpha value is -5.21. The van der Waals surface area contributed by atoms with E-state index in [-0.39, 0.29) is 35.4 Å². The summed E-state index contributed by atoms with van der Waals surface area (Å²) in [5, 5.41) is 14.9. The van der Waals surface area contributed by atoms with E-state index in [0.717, 1.165) is 11.6 Å². The first-order chi connectivity index (χ1) is 22.7. The topological polar surface area (TPSA) is 161 Å². The van der Waals surface area contributed by atoms with Crippen molar-refractivity contribution < 1.29 is 33.4 Å². The molecule has 14 heteroatoms. The molecule has 4 aromatic rings. The number of likely N-dealkylation sites (N-methyl/N-ethyl adjacent to an activating group) is 1. The van der Waals surface area contributed by atoms with Crippen molar-refractivity contribution in [1.29, 1.82) is 0 Å². The number of amides is 3. The number of carboxylic acid groups (broad SMARTS) is 1. The van der Waals surface area contributed by atoms with Gasteiger partial charge in [0.25, 0.3) is 0 Å². The Balaban J connectivity index is 1.26. The van der Waals surface area contributed by atoms with Crippen LogP contribution in [-0.2, 0) is 20.7 Å². The second kappa shape index (κ2) is 13.6. The number of carbonyl (C=O) groups excluding carboxylic acids is 2. The molecule has 244 valence electrons. The molecule has 3 N–H and O–H groups in total. The quantitative estimate of drug-likeness (QED) is 0.233. The molecule has 3 amide bonds. The molecule has 4 unspecified atom stereocenters. The summed E-state index contributed by atoms with van der Waals surface area (Å²) in [4.78, 5) is 51.9. The number of benzene rings is 2. The van der Waals surface area contributed by atoms with E-state index in [0.29, 0.717) is 24.1 Å². The molecular formula is C33H34FN7O6. The number of fused-ring (bicyclic) bond motifs is 2. The molecule has 1 saturated carbocycles. The van der Waals surface area contributed by atoms with Crippen LogP contribution >= 0.6 is 0 Å². The molecule has 2 aliphatic rings. The third-order valence-electron chi connectivity index (χ3n) is 8.44. The number of urea groups is 1. The second-order valence-electron chi connectivity index (χ2n) is 11.5. The summed E-state index contributed by atoms with van der Waals surface area (Å²) >= 11 is 0. The fourth-order valence-electron chi connectivity index (χ4n) is 6.24. The van der Waals surface area contributed by atoms with Gasteiger partial charge in [-0.05, 0) is 37.1 Å². The van der Waals surface area contributed by atoms with E-state index in [4.69, 9.17) is 9.47 Å². The van der Waals surface area contributed by atoms with Crippen molar-refractivity contribution in [2.75, 3.05) is 25.5 Å². The number of anilines is 1. The first-order valence-electron chi connectivity index (χ1n) is 15.2. The lowest BCUT2D eigenvalue weighted by Gasteiger charge is -2.25. The maximum atomic E-state index is 14.6. The SMILES string of the molecule is CCNC(=O)Nc1ncnc2c1ncn2C1CC(CN(C)C(=O)Cc2c(F)cccc2C(=O)O)C2O[C@H](C=Cc3ccccc3)OC21. The minimum Gasteiger partial charge on any atom is -0.478 e. The first-order valence-corrected chi connectivity index (χ1v) is 15.2. The fourth-order valence-corrected chi connectivity index (χ4v) is 6.24. The van der Waals surface area contributed by atoms with E-state index in [1.165, 1.54) is 23.4 Å². The Bertz CT molecular complexity index is 1820. The minimum atomic E-state index is -1.30. The number of ether oxygens (including phenoxy) is 2. The second-order valence-corrected chi connectivity index (χ2v) is 11.5. The van der Waals surface area contributed by atoms with Crippen LogP contribution in [0.4, 0.5) is 15.0 Å². The highest BCUT2D eigenvalue weighted by molar-refractivity contribution is 5.96. The van der Waals surface area contributed by atoms with Crippen LogP contribution in [0.3, 0.4) is 0 Å². The Kier molecular flexibility index (Phi) is 9.22. The van der Waals surface area contributed by atoms with E-state index in [9.17, 15) is 23.9 Å². The van der Waals surface area contributed by atoms with Gasteiger partial charge < -0.3 is 29.4 Å². The van der Waals surface area contributed by atoms with E-state index in [1.54, 1.807) is 20.3 Å². The monoisotopic (exact) mass is 643 g/mol. The number of carbonyl (C=O) groups is 3. The normalized spacial score (nSPS) is 22.0. The van der Waals surface area contributed by atoms with Crippen LogP contribution in [0.15, 0.2) is 67.3 Å². The molecule has 47 heavy (non-hydrogen) atoms. The number of nitrogens with zero attached hydrogens (tertiary/aromatic N) is 5.